The fourth-order valence-corrected chi connectivity index (χ4v) is 2.77. The van der Waals surface area contributed by atoms with Crippen molar-refractivity contribution in [1.29, 1.82) is 0 Å². The SMILES string of the molecule is CC(C)(C)C(CC1CCOc2ccccc21)C(=O)O. The van der Waals surface area contributed by atoms with Crippen LogP contribution in [0.2, 0.25) is 0 Å². The summed E-state index contributed by atoms with van der Waals surface area (Å²) >= 11 is 0. The summed E-state index contributed by atoms with van der Waals surface area (Å²) in [5.74, 6) is 0.169. The molecule has 0 spiro atoms. The predicted molar refractivity (Wildman–Crippen MR) is 74.5 cm³/mol. The van der Waals surface area contributed by atoms with Crippen LogP contribution >= 0.6 is 0 Å². The summed E-state index contributed by atoms with van der Waals surface area (Å²) in [6.07, 6.45) is 1.58. The molecule has 3 nitrogen and oxygen atoms in total. The summed E-state index contributed by atoms with van der Waals surface area (Å²) in [5, 5.41) is 9.46. The standard InChI is InChI=1S/C16H22O3/c1-16(2,3)13(15(17)18)10-11-8-9-19-14-7-5-4-6-12(11)14/h4-7,11,13H,8-10H2,1-3H3,(H,17,18). The summed E-state index contributed by atoms with van der Waals surface area (Å²) in [5.41, 5.74) is 0.934. The van der Waals surface area contributed by atoms with E-state index in [9.17, 15) is 9.90 Å². The van der Waals surface area contributed by atoms with Gasteiger partial charge in [0.2, 0.25) is 0 Å². The van der Waals surface area contributed by atoms with Crippen LogP contribution in [0.5, 0.6) is 5.75 Å². The van der Waals surface area contributed by atoms with Gasteiger partial charge in [-0.25, -0.2) is 0 Å². The van der Waals surface area contributed by atoms with E-state index in [2.05, 4.69) is 6.07 Å². The number of carboxylic acids is 1. The summed E-state index contributed by atoms with van der Waals surface area (Å²) in [4.78, 5) is 11.5. The van der Waals surface area contributed by atoms with Gasteiger partial charge in [-0.15, -0.1) is 0 Å². The maximum Gasteiger partial charge on any atom is 0.307 e. The van der Waals surface area contributed by atoms with Gasteiger partial charge >= 0.3 is 5.97 Å². The Morgan fingerprint density at radius 3 is 2.74 bits per heavy atom. The van der Waals surface area contributed by atoms with Crippen LogP contribution in [0.3, 0.4) is 0 Å². The predicted octanol–water partition coefficient (Wildman–Crippen LogP) is 3.69. The van der Waals surface area contributed by atoms with E-state index < -0.39 is 5.97 Å². The topological polar surface area (TPSA) is 46.5 Å². The van der Waals surface area contributed by atoms with Crippen molar-refractivity contribution in [3.8, 4) is 5.75 Å². The summed E-state index contributed by atoms with van der Waals surface area (Å²) < 4.78 is 5.63. The lowest BCUT2D eigenvalue weighted by Crippen LogP contribution is -2.31. The van der Waals surface area contributed by atoms with E-state index in [4.69, 9.17) is 4.74 Å². The van der Waals surface area contributed by atoms with E-state index >= 15 is 0 Å². The molecule has 1 aliphatic rings. The quantitative estimate of drug-likeness (QED) is 0.903. The average molecular weight is 262 g/mol. The number of para-hydroxylation sites is 1. The van der Waals surface area contributed by atoms with Gasteiger partial charge in [0.1, 0.15) is 5.75 Å². The highest BCUT2D eigenvalue weighted by Gasteiger charge is 2.35. The van der Waals surface area contributed by atoms with Crippen LogP contribution in [-0.2, 0) is 4.79 Å². The zero-order valence-electron chi connectivity index (χ0n) is 11.8. The maximum absolute atomic E-state index is 11.5. The Kier molecular flexibility index (Phi) is 3.83. The molecular weight excluding hydrogens is 240 g/mol. The Morgan fingerprint density at radius 1 is 1.42 bits per heavy atom. The Labute approximate surface area is 114 Å². The van der Waals surface area contributed by atoms with Crippen LogP contribution in [0.1, 0.15) is 45.1 Å². The first-order chi connectivity index (χ1) is 8.89. The van der Waals surface area contributed by atoms with Crippen LogP contribution in [0.15, 0.2) is 24.3 Å². The molecule has 0 amide bonds. The van der Waals surface area contributed by atoms with Crippen LogP contribution in [-0.4, -0.2) is 17.7 Å². The minimum Gasteiger partial charge on any atom is -0.493 e. The molecule has 2 rings (SSSR count). The van der Waals surface area contributed by atoms with Crippen LogP contribution in [0, 0.1) is 11.3 Å². The number of aliphatic carboxylic acids is 1. The minimum absolute atomic E-state index is 0.223. The second kappa shape index (κ2) is 5.24. The van der Waals surface area contributed by atoms with Gasteiger partial charge in [-0.05, 0) is 35.8 Å². The third kappa shape index (κ3) is 3.09. The highest BCUT2D eigenvalue weighted by Crippen LogP contribution is 2.41. The molecule has 1 heterocycles. The average Bonchev–Trinajstić information content (AvgIpc) is 2.34. The number of hydrogen-bond acceptors (Lipinski definition) is 2. The number of carboxylic acid groups (broad SMARTS) is 1. The Hall–Kier alpha value is -1.51. The number of hydrogen-bond donors (Lipinski definition) is 1. The highest BCUT2D eigenvalue weighted by atomic mass is 16.5. The molecule has 1 aromatic rings. The molecule has 1 aromatic carbocycles. The Bertz CT molecular complexity index is 459. The lowest BCUT2D eigenvalue weighted by molar-refractivity contribution is -0.146. The Morgan fingerprint density at radius 2 is 2.11 bits per heavy atom. The Balaban J connectivity index is 2.22. The zero-order valence-corrected chi connectivity index (χ0v) is 11.8. The summed E-state index contributed by atoms with van der Waals surface area (Å²) in [6, 6.07) is 7.97. The lowest BCUT2D eigenvalue weighted by Gasteiger charge is -2.33. The van der Waals surface area contributed by atoms with Gasteiger partial charge < -0.3 is 9.84 Å². The van der Waals surface area contributed by atoms with E-state index in [1.54, 1.807) is 0 Å². The minimum atomic E-state index is -0.698. The molecule has 1 aliphatic heterocycles. The number of ether oxygens (including phenoxy) is 1. The van der Waals surface area contributed by atoms with Crippen molar-refractivity contribution in [2.24, 2.45) is 11.3 Å². The van der Waals surface area contributed by atoms with Crippen molar-refractivity contribution in [2.45, 2.75) is 39.5 Å². The van der Waals surface area contributed by atoms with Crippen molar-refractivity contribution in [3.05, 3.63) is 29.8 Å². The highest BCUT2D eigenvalue weighted by molar-refractivity contribution is 5.71. The molecule has 1 N–H and O–H groups in total. The zero-order chi connectivity index (χ0) is 14.0. The molecule has 0 saturated carbocycles. The van der Waals surface area contributed by atoms with Crippen LogP contribution in [0.4, 0.5) is 0 Å². The molecule has 0 aliphatic carbocycles. The van der Waals surface area contributed by atoms with Crippen molar-refractivity contribution in [3.63, 3.8) is 0 Å². The van der Waals surface area contributed by atoms with Crippen molar-refractivity contribution < 1.29 is 14.6 Å². The molecule has 0 saturated heterocycles. The smallest absolute Gasteiger partial charge is 0.307 e. The molecule has 2 atom stereocenters. The van der Waals surface area contributed by atoms with Crippen LogP contribution in [0.25, 0.3) is 0 Å². The first-order valence-corrected chi connectivity index (χ1v) is 6.84. The summed E-state index contributed by atoms with van der Waals surface area (Å²) in [7, 11) is 0. The molecule has 0 fully saturated rings. The molecule has 104 valence electrons. The first-order valence-electron chi connectivity index (χ1n) is 6.84. The van der Waals surface area contributed by atoms with Gasteiger partial charge in [-0.3, -0.25) is 4.79 Å². The molecule has 19 heavy (non-hydrogen) atoms. The normalized spacial score (nSPS) is 20.3. The number of rotatable bonds is 3. The molecule has 2 unspecified atom stereocenters. The van der Waals surface area contributed by atoms with E-state index in [0.29, 0.717) is 13.0 Å². The van der Waals surface area contributed by atoms with E-state index in [-0.39, 0.29) is 17.3 Å². The molecule has 0 radical (unpaired) electrons. The molecule has 0 aromatic heterocycles. The number of fused-ring (bicyclic) bond motifs is 1. The number of benzene rings is 1. The third-order valence-electron chi connectivity index (χ3n) is 3.95. The molecule has 3 heteroatoms. The fraction of sp³-hybridized carbons (Fsp3) is 0.562. The van der Waals surface area contributed by atoms with Crippen LogP contribution < -0.4 is 4.74 Å². The lowest BCUT2D eigenvalue weighted by atomic mass is 9.73. The van der Waals surface area contributed by atoms with Crippen molar-refractivity contribution in [2.75, 3.05) is 6.61 Å². The number of carbonyl (C=O) groups is 1. The van der Waals surface area contributed by atoms with Gasteiger partial charge in [0, 0.05) is 0 Å². The third-order valence-corrected chi connectivity index (χ3v) is 3.95. The molecular formula is C16H22O3. The van der Waals surface area contributed by atoms with Crippen molar-refractivity contribution in [1.82, 2.24) is 0 Å². The van der Waals surface area contributed by atoms with Gasteiger partial charge in [0.15, 0.2) is 0 Å². The van der Waals surface area contributed by atoms with Gasteiger partial charge in [0.25, 0.3) is 0 Å². The summed E-state index contributed by atoms with van der Waals surface area (Å²) in [6.45, 7) is 6.67. The van der Waals surface area contributed by atoms with Gasteiger partial charge in [-0.1, -0.05) is 39.0 Å². The van der Waals surface area contributed by atoms with Gasteiger partial charge in [0.05, 0.1) is 12.5 Å². The second-order valence-electron chi connectivity index (χ2n) is 6.36. The van der Waals surface area contributed by atoms with Crippen molar-refractivity contribution >= 4 is 5.97 Å². The second-order valence-corrected chi connectivity index (χ2v) is 6.36. The van der Waals surface area contributed by atoms with E-state index in [1.807, 2.05) is 39.0 Å². The first kappa shape index (κ1) is 13.9. The fourth-order valence-electron chi connectivity index (χ4n) is 2.77. The van der Waals surface area contributed by atoms with E-state index in [0.717, 1.165) is 17.7 Å². The van der Waals surface area contributed by atoms with Gasteiger partial charge in [-0.2, -0.15) is 0 Å². The molecule has 0 bridgehead atoms. The maximum atomic E-state index is 11.5. The largest absolute Gasteiger partial charge is 0.493 e. The monoisotopic (exact) mass is 262 g/mol. The van der Waals surface area contributed by atoms with E-state index in [1.165, 1.54) is 0 Å².